The molecule has 1 aromatic carbocycles. The number of nitrogens with zero attached hydrogens (tertiary/aromatic N) is 1. The molecule has 0 aromatic heterocycles. The van der Waals surface area contributed by atoms with Crippen LogP contribution in [0.5, 0.6) is 0 Å². The molecule has 6 nitrogen and oxygen atoms in total. The lowest BCUT2D eigenvalue weighted by atomic mass is 10.0. The lowest BCUT2D eigenvalue weighted by Crippen LogP contribution is -2.41. The lowest BCUT2D eigenvalue weighted by molar-refractivity contribution is -0.132. The van der Waals surface area contributed by atoms with Crippen LogP contribution >= 0.6 is 0 Å². The number of amides is 4. The highest BCUT2D eigenvalue weighted by molar-refractivity contribution is 6.06. The average molecular weight is 303 g/mol. The van der Waals surface area contributed by atoms with Gasteiger partial charge in [-0.3, -0.25) is 14.5 Å². The van der Waals surface area contributed by atoms with Gasteiger partial charge in [0.15, 0.2) is 0 Å². The van der Waals surface area contributed by atoms with Gasteiger partial charge >= 0.3 is 6.03 Å². The van der Waals surface area contributed by atoms with Crippen molar-refractivity contribution in [2.24, 2.45) is 5.92 Å². The second kappa shape index (κ2) is 7.06. The normalized spacial score (nSPS) is 17.8. The minimum Gasteiger partial charge on any atom is -0.350 e. The van der Waals surface area contributed by atoms with Crippen LogP contribution in [-0.2, 0) is 16.1 Å². The topological polar surface area (TPSA) is 78.5 Å². The van der Waals surface area contributed by atoms with Crippen molar-refractivity contribution in [1.29, 1.82) is 0 Å². The Kier molecular flexibility index (Phi) is 5.14. The molecule has 4 amide bonds. The summed E-state index contributed by atoms with van der Waals surface area (Å²) >= 11 is 0. The molecule has 0 radical (unpaired) electrons. The predicted octanol–water partition coefficient (Wildman–Crippen LogP) is 1.27. The predicted molar refractivity (Wildman–Crippen MR) is 81.8 cm³/mol. The number of hydrogen-bond acceptors (Lipinski definition) is 3. The van der Waals surface area contributed by atoms with Gasteiger partial charge in [0.2, 0.25) is 5.91 Å². The van der Waals surface area contributed by atoms with Crippen LogP contribution in [0.15, 0.2) is 30.3 Å². The van der Waals surface area contributed by atoms with E-state index in [4.69, 9.17) is 0 Å². The van der Waals surface area contributed by atoms with Crippen LogP contribution < -0.4 is 10.6 Å². The van der Waals surface area contributed by atoms with Crippen molar-refractivity contribution in [3.05, 3.63) is 35.9 Å². The second-order valence-corrected chi connectivity index (χ2v) is 5.82. The zero-order chi connectivity index (χ0) is 16.1. The molecular formula is C16H21N3O3. The van der Waals surface area contributed by atoms with Gasteiger partial charge in [-0.15, -0.1) is 0 Å². The zero-order valence-corrected chi connectivity index (χ0v) is 12.8. The molecule has 1 heterocycles. The van der Waals surface area contributed by atoms with Gasteiger partial charge in [0.25, 0.3) is 5.91 Å². The van der Waals surface area contributed by atoms with Gasteiger partial charge in [-0.05, 0) is 17.9 Å². The van der Waals surface area contributed by atoms with E-state index in [1.165, 1.54) is 0 Å². The van der Waals surface area contributed by atoms with Gasteiger partial charge in [0.1, 0.15) is 12.6 Å². The molecule has 1 aliphatic heterocycles. The molecule has 118 valence electrons. The summed E-state index contributed by atoms with van der Waals surface area (Å²) in [5.41, 5.74) is 0.964. The Bertz CT molecular complexity index is 557. The van der Waals surface area contributed by atoms with Crippen molar-refractivity contribution in [1.82, 2.24) is 15.5 Å². The second-order valence-electron chi connectivity index (χ2n) is 5.82. The fraction of sp³-hybridized carbons (Fsp3) is 0.438. The van der Waals surface area contributed by atoms with Crippen LogP contribution in [-0.4, -0.2) is 35.3 Å². The SMILES string of the molecule is CC(C)CC1NC(=O)N(CC(=O)NCc2ccccc2)C1=O. The van der Waals surface area contributed by atoms with Gasteiger partial charge in [-0.2, -0.15) is 0 Å². The number of carbonyl (C=O) groups excluding carboxylic acids is 3. The fourth-order valence-corrected chi connectivity index (χ4v) is 2.35. The molecule has 1 aliphatic rings. The average Bonchev–Trinajstić information content (AvgIpc) is 2.73. The first kappa shape index (κ1) is 16.0. The van der Waals surface area contributed by atoms with Crippen LogP contribution in [0.4, 0.5) is 4.79 Å². The molecule has 0 aliphatic carbocycles. The summed E-state index contributed by atoms with van der Waals surface area (Å²) in [4.78, 5) is 36.8. The standard InChI is InChI=1S/C16H21N3O3/c1-11(2)8-13-15(21)19(16(22)18-13)10-14(20)17-9-12-6-4-3-5-7-12/h3-7,11,13H,8-10H2,1-2H3,(H,17,20)(H,18,22). The molecule has 1 unspecified atom stereocenters. The van der Waals surface area contributed by atoms with Crippen molar-refractivity contribution >= 4 is 17.8 Å². The van der Waals surface area contributed by atoms with Crippen LogP contribution in [0.2, 0.25) is 0 Å². The molecule has 1 fully saturated rings. The third-order valence-electron chi connectivity index (χ3n) is 3.45. The van der Waals surface area contributed by atoms with Gasteiger partial charge in [0.05, 0.1) is 0 Å². The lowest BCUT2D eigenvalue weighted by Gasteiger charge is -2.13. The third-order valence-corrected chi connectivity index (χ3v) is 3.45. The molecule has 1 saturated heterocycles. The van der Waals surface area contributed by atoms with E-state index in [1.54, 1.807) is 0 Å². The molecule has 1 atom stereocenters. The van der Waals surface area contributed by atoms with Crippen molar-refractivity contribution in [3.8, 4) is 0 Å². The molecule has 0 bridgehead atoms. The fourth-order valence-electron chi connectivity index (χ4n) is 2.35. The molecule has 0 saturated carbocycles. The van der Waals surface area contributed by atoms with E-state index in [9.17, 15) is 14.4 Å². The van der Waals surface area contributed by atoms with Crippen molar-refractivity contribution in [2.45, 2.75) is 32.9 Å². The molecule has 2 N–H and O–H groups in total. The van der Waals surface area contributed by atoms with E-state index in [0.29, 0.717) is 18.9 Å². The van der Waals surface area contributed by atoms with E-state index >= 15 is 0 Å². The highest BCUT2D eigenvalue weighted by Gasteiger charge is 2.38. The number of imide groups is 1. The van der Waals surface area contributed by atoms with E-state index in [0.717, 1.165) is 10.5 Å². The first-order chi connectivity index (χ1) is 10.5. The molecule has 22 heavy (non-hydrogen) atoms. The summed E-state index contributed by atoms with van der Waals surface area (Å²) < 4.78 is 0. The summed E-state index contributed by atoms with van der Waals surface area (Å²) in [6.45, 7) is 4.09. The summed E-state index contributed by atoms with van der Waals surface area (Å²) in [5, 5.41) is 5.33. The molecule has 6 heteroatoms. The van der Waals surface area contributed by atoms with E-state index in [1.807, 2.05) is 44.2 Å². The van der Waals surface area contributed by atoms with Crippen molar-refractivity contribution in [3.63, 3.8) is 0 Å². The van der Waals surface area contributed by atoms with Crippen molar-refractivity contribution in [2.75, 3.05) is 6.54 Å². The Morgan fingerprint density at radius 1 is 1.27 bits per heavy atom. The Morgan fingerprint density at radius 2 is 1.95 bits per heavy atom. The molecule has 0 spiro atoms. The minimum atomic E-state index is -0.519. The number of hydrogen-bond donors (Lipinski definition) is 2. The zero-order valence-electron chi connectivity index (χ0n) is 12.8. The highest BCUT2D eigenvalue weighted by Crippen LogP contribution is 2.13. The number of urea groups is 1. The summed E-state index contributed by atoms with van der Waals surface area (Å²) in [6.07, 6.45) is 0.576. The molecule has 2 rings (SSSR count). The Morgan fingerprint density at radius 3 is 2.59 bits per heavy atom. The number of nitrogens with one attached hydrogen (secondary N) is 2. The van der Waals surface area contributed by atoms with E-state index in [-0.39, 0.29) is 18.4 Å². The van der Waals surface area contributed by atoms with Crippen LogP contribution in [0.1, 0.15) is 25.8 Å². The van der Waals surface area contributed by atoms with Gasteiger partial charge < -0.3 is 10.6 Å². The number of carbonyl (C=O) groups is 3. The van der Waals surface area contributed by atoms with E-state index < -0.39 is 12.1 Å². The molecule has 1 aromatic rings. The minimum absolute atomic E-state index is 0.244. The maximum atomic E-state index is 12.1. The summed E-state index contributed by atoms with van der Waals surface area (Å²) in [7, 11) is 0. The smallest absolute Gasteiger partial charge is 0.325 e. The van der Waals surface area contributed by atoms with Crippen LogP contribution in [0, 0.1) is 5.92 Å². The monoisotopic (exact) mass is 303 g/mol. The number of benzene rings is 1. The maximum absolute atomic E-state index is 12.1. The molecular weight excluding hydrogens is 282 g/mol. The third kappa shape index (κ3) is 4.07. The quantitative estimate of drug-likeness (QED) is 0.777. The van der Waals surface area contributed by atoms with Crippen LogP contribution in [0.25, 0.3) is 0 Å². The van der Waals surface area contributed by atoms with E-state index in [2.05, 4.69) is 10.6 Å². The van der Waals surface area contributed by atoms with Crippen LogP contribution in [0.3, 0.4) is 0 Å². The van der Waals surface area contributed by atoms with Gasteiger partial charge in [-0.1, -0.05) is 44.2 Å². The Labute approximate surface area is 129 Å². The Balaban J connectivity index is 1.86. The largest absolute Gasteiger partial charge is 0.350 e. The number of rotatable bonds is 6. The summed E-state index contributed by atoms with van der Waals surface area (Å²) in [6, 6.07) is 8.44. The Hall–Kier alpha value is -2.37. The maximum Gasteiger partial charge on any atom is 0.325 e. The van der Waals surface area contributed by atoms with Gasteiger partial charge in [0, 0.05) is 6.54 Å². The first-order valence-corrected chi connectivity index (χ1v) is 7.40. The highest BCUT2D eigenvalue weighted by atomic mass is 16.2. The summed E-state index contributed by atoms with van der Waals surface area (Å²) in [5.74, 6) is -0.382. The first-order valence-electron chi connectivity index (χ1n) is 7.40. The van der Waals surface area contributed by atoms with Gasteiger partial charge in [-0.25, -0.2) is 4.79 Å². The van der Waals surface area contributed by atoms with Crippen molar-refractivity contribution < 1.29 is 14.4 Å².